The first-order valence-corrected chi connectivity index (χ1v) is 12.6. The molecule has 9 heteroatoms. The van der Waals surface area contributed by atoms with E-state index in [0.717, 1.165) is 5.56 Å². The molecule has 1 unspecified atom stereocenters. The quantitative estimate of drug-likeness (QED) is 0.202. The van der Waals surface area contributed by atoms with E-state index < -0.39 is 11.9 Å². The molecule has 0 spiro atoms. The summed E-state index contributed by atoms with van der Waals surface area (Å²) in [5.74, 6) is 0.0755. The average Bonchev–Trinajstić information content (AvgIpc) is 2.96. The molecule has 0 fully saturated rings. The lowest BCUT2D eigenvalue weighted by molar-refractivity contribution is -0.136. The molecule has 0 saturated carbocycles. The van der Waals surface area contributed by atoms with Crippen LogP contribution in [-0.2, 0) is 11.4 Å². The zero-order valence-corrected chi connectivity index (χ0v) is 21.7. The Morgan fingerprint density at radius 2 is 1.62 bits per heavy atom. The molecule has 1 atom stereocenters. The van der Waals surface area contributed by atoms with Gasteiger partial charge in [-0.1, -0.05) is 48.0 Å². The molecule has 0 aliphatic carbocycles. The van der Waals surface area contributed by atoms with Gasteiger partial charge in [-0.25, -0.2) is 9.18 Å². The molecule has 0 radical (unpaired) electrons. The van der Waals surface area contributed by atoms with E-state index in [1.807, 2.05) is 12.1 Å². The minimum absolute atomic E-state index is 0.0468. The first-order valence-electron chi connectivity index (χ1n) is 12.2. The molecule has 0 bridgehead atoms. The van der Waals surface area contributed by atoms with Crippen LogP contribution in [0.4, 0.5) is 4.39 Å². The molecule has 1 aliphatic heterocycles. The highest BCUT2D eigenvalue weighted by molar-refractivity contribution is 6.30. The van der Waals surface area contributed by atoms with E-state index in [-0.39, 0.29) is 36.2 Å². The second-order valence-corrected chi connectivity index (χ2v) is 9.23. The molecule has 5 rings (SSSR count). The van der Waals surface area contributed by atoms with Crippen molar-refractivity contribution in [3.63, 3.8) is 0 Å². The third-order valence-electron chi connectivity index (χ3n) is 6.16. The van der Waals surface area contributed by atoms with Crippen LogP contribution in [0.2, 0.25) is 5.02 Å². The summed E-state index contributed by atoms with van der Waals surface area (Å²) in [6, 6.07) is 27.1. The van der Waals surface area contributed by atoms with Crippen molar-refractivity contribution in [1.29, 1.82) is 5.26 Å². The topological polar surface area (TPSA) is 104 Å². The van der Waals surface area contributed by atoms with E-state index in [4.69, 9.17) is 36.3 Å². The number of rotatable bonds is 8. The molecule has 40 heavy (non-hydrogen) atoms. The predicted octanol–water partition coefficient (Wildman–Crippen LogP) is 6.26. The summed E-state index contributed by atoms with van der Waals surface area (Å²) in [6.07, 6.45) is 0. The van der Waals surface area contributed by atoms with Crippen LogP contribution in [0.25, 0.3) is 0 Å². The SMILES string of the molecule is N#CC1=C(N)Oc2cc(OC(=O)COc3ccc(Cl)cc3)ccc2C1c1ccc(OCc2ccccc2F)cc1. The van der Waals surface area contributed by atoms with E-state index in [1.165, 1.54) is 12.1 Å². The largest absolute Gasteiger partial charge is 0.489 e. The molecule has 0 saturated heterocycles. The molecule has 1 heterocycles. The van der Waals surface area contributed by atoms with Crippen LogP contribution in [0.15, 0.2) is 102 Å². The fourth-order valence-corrected chi connectivity index (χ4v) is 4.34. The van der Waals surface area contributed by atoms with Crippen LogP contribution < -0.4 is 24.7 Å². The summed E-state index contributed by atoms with van der Waals surface area (Å²) in [4.78, 5) is 12.3. The van der Waals surface area contributed by atoms with E-state index in [9.17, 15) is 14.4 Å². The van der Waals surface area contributed by atoms with Crippen LogP contribution in [-0.4, -0.2) is 12.6 Å². The molecular formula is C31H22ClFN2O5. The van der Waals surface area contributed by atoms with Gasteiger partial charge in [-0.3, -0.25) is 0 Å². The van der Waals surface area contributed by atoms with Crippen molar-refractivity contribution in [1.82, 2.24) is 0 Å². The van der Waals surface area contributed by atoms with Gasteiger partial charge in [0.05, 0.1) is 5.92 Å². The number of fused-ring (bicyclic) bond motifs is 1. The molecule has 4 aromatic rings. The Labute approximate surface area is 234 Å². The van der Waals surface area contributed by atoms with Gasteiger partial charge in [0, 0.05) is 22.2 Å². The summed E-state index contributed by atoms with van der Waals surface area (Å²) in [5, 5.41) is 10.4. The number of carbonyl (C=O) groups is 1. The number of hydrogen-bond donors (Lipinski definition) is 1. The first-order chi connectivity index (χ1) is 19.4. The van der Waals surface area contributed by atoms with Crippen molar-refractivity contribution in [2.45, 2.75) is 12.5 Å². The van der Waals surface area contributed by atoms with Crippen LogP contribution in [0.3, 0.4) is 0 Å². The van der Waals surface area contributed by atoms with E-state index in [2.05, 4.69) is 6.07 Å². The van der Waals surface area contributed by atoms with Gasteiger partial charge in [0.25, 0.3) is 0 Å². The summed E-state index contributed by atoms with van der Waals surface area (Å²) < 4.78 is 36.2. The number of hydrogen-bond acceptors (Lipinski definition) is 7. The van der Waals surface area contributed by atoms with Gasteiger partial charge in [0.2, 0.25) is 5.88 Å². The lowest BCUT2D eigenvalue weighted by Gasteiger charge is -2.26. The highest BCUT2D eigenvalue weighted by Crippen LogP contribution is 2.43. The van der Waals surface area contributed by atoms with Crippen molar-refractivity contribution in [2.75, 3.05) is 6.61 Å². The summed E-state index contributed by atoms with van der Waals surface area (Å²) in [7, 11) is 0. The Morgan fingerprint density at radius 1 is 0.950 bits per heavy atom. The zero-order valence-electron chi connectivity index (χ0n) is 21.0. The van der Waals surface area contributed by atoms with Gasteiger partial charge in [-0.05, 0) is 54.1 Å². The maximum absolute atomic E-state index is 13.9. The molecule has 0 amide bonds. The second-order valence-electron chi connectivity index (χ2n) is 8.79. The third-order valence-corrected chi connectivity index (χ3v) is 6.41. The predicted molar refractivity (Wildman–Crippen MR) is 145 cm³/mol. The fraction of sp³-hybridized carbons (Fsp3) is 0.0968. The number of nitriles is 1. The minimum Gasteiger partial charge on any atom is -0.489 e. The Balaban J connectivity index is 1.30. The van der Waals surface area contributed by atoms with Gasteiger partial charge >= 0.3 is 5.97 Å². The molecule has 1 aliphatic rings. The molecule has 7 nitrogen and oxygen atoms in total. The zero-order chi connectivity index (χ0) is 28.1. The van der Waals surface area contributed by atoms with Gasteiger partial charge in [0.1, 0.15) is 47.1 Å². The third kappa shape index (κ3) is 6.01. The van der Waals surface area contributed by atoms with Gasteiger partial charge in [-0.2, -0.15) is 5.26 Å². The Kier molecular flexibility index (Phi) is 7.85. The molecular weight excluding hydrogens is 535 g/mol. The number of carbonyl (C=O) groups excluding carboxylic acids is 1. The number of nitrogens with zero attached hydrogens (tertiary/aromatic N) is 1. The maximum Gasteiger partial charge on any atom is 0.349 e. The monoisotopic (exact) mass is 556 g/mol. The number of ether oxygens (including phenoxy) is 4. The molecule has 200 valence electrons. The minimum atomic E-state index is -0.616. The van der Waals surface area contributed by atoms with Crippen LogP contribution in [0.5, 0.6) is 23.0 Å². The van der Waals surface area contributed by atoms with E-state index >= 15 is 0 Å². The Morgan fingerprint density at radius 3 is 2.35 bits per heavy atom. The highest BCUT2D eigenvalue weighted by atomic mass is 35.5. The number of benzene rings is 4. The Bertz CT molecular complexity index is 1610. The molecule has 0 aromatic heterocycles. The van der Waals surface area contributed by atoms with Gasteiger partial charge in [-0.15, -0.1) is 0 Å². The lowest BCUT2D eigenvalue weighted by atomic mass is 9.83. The lowest BCUT2D eigenvalue weighted by Crippen LogP contribution is -2.21. The summed E-state index contributed by atoms with van der Waals surface area (Å²) >= 11 is 5.86. The number of allylic oxidation sites excluding steroid dienone is 1. The Hall–Kier alpha value is -5.00. The van der Waals surface area contributed by atoms with Crippen molar-refractivity contribution >= 4 is 17.6 Å². The first kappa shape index (κ1) is 26.6. The summed E-state index contributed by atoms with van der Waals surface area (Å²) in [5.41, 5.74) is 8.23. The van der Waals surface area contributed by atoms with E-state index in [1.54, 1.807) is 66.7 Å². The highest BCUT2D eigenvalue weighted by Gasteiger charge is 2.31. The number of nitrogens with two attached hydrogens (primary N) is 1. The van der Waals surface area contributed by atoms with Gasteiger partial charge in [0.15, 0.2) is 6.61 Å². The smallest absolute Gasteiger partial charge is 0.349 e. The molecule has 4 aromatic carbocycles. The average molecular weight is 557 g/mol. The van der Waals surface area contributed by atoms with Crippen molar-refractivity contribution < 1.29 is 28.1 Å². The number of esters is 1. The van der Waals surface area contributed by atoms with Crippen LogP contribution >= 0.6 is 11.6 Å². The van der Waals surface area contributed by atoms with Crippen molar-refractivity contribution in [2.24, 2.45) is 5.73 Å². The summed E-state index contributed by atoms with van der Waals surface area (Å²) in [6.45, 7) is -0.233. The molecule has 2 N–H and O–H groups in total. The van der Waals surface area contributed by atoms with E-state index in [0.29, 0.717) is 33.4 Å². The van der Waals surface area contributed by atoms with Crippen LogP contribution in [0, 0.1) is 17.1 Å². The van der Waals surface area contributed by atoms with Crippen LogP contribution in [0.1, 0.15) is 22.6 Å². The fourth-order valence-electron chi connectivity index (χ4n) is 4.21. The normalized spacial score (nSPS) is 14.0. The maximum atomic E-state index is 13.9. The standard InChI is InChI=1S/C31H22ClFN2O5/c32-21-7-11-23(12-8-21)38-18-29(36)39-24-13-14-25-28(15-24)40-31(35)26(16-34)30(25)19-5-9-22(10-6-19)37-17-20-3-1-2-4-27(20)33/h1-15,30H,17-18,35H2. The van der Waals surface area contributed by atoms with Crippen molar-refractivity contribution in [3.05, 3.63) is 130 Å². The van der Waals surface area contributed by atoms with Crippen molar-refractivity contribution in [3.8, 4) is 29.1 Å². The van der Waals surface area contributed by atoms with Gasteiger partial charge < -0.3 is 24.7 Å². The second kappa shape index (κ2) is 11.8. The number of halogens is 2.